The number of carbonyl (C=O) groups excluding carboxylic acids is 1. The predicted molar refractivity (Wildman–Crippen MR) is 87.6 cm³/mol. The molecule has 0 spiro atoms. The number of methoxy groups -OCH3 is 1. The van der Waals surface area contributed by atoms with Crippen LogP contribution < -0.4 is 4.74 Å². The highest BCUT2D eigenvalue weighted by Gasteiger charge is 2.33. The number of furan rings is 1. The van der Waals surface area contributed by atoms with Crippen molar-refractivity contribution in [2.24, 2.45) is 0 Å². The van der Waals surface area contributed by atoms with E-state index in [4.69, 9.17) is 9.15 Å². The number of ether oxygens (including phenoxy) is 1. The Balaban J connectivity index is 2.24. The maximum Gasteiger partial charge on any atom is 0.329 e. The van der Waals surface area contributed by atoms with E-state index in [0.717, 1.165) is 12.3 Å². The Hall–Kier alpha value is -3.95. The third-order valence-electron chi connectivity index (χ3n) is 3.77. The van der Waals surface area contributed by atoms with Crippen LogP contribution in [0.25, 0.3) is 11.0 Å². The lowest BCUT2D eigenvalue weighted by atomic mass is 10.0. The number of hydrogen-bond acceptors (Lipinski definition) is 8. The average Bonchev–Trinajstić information content (AvgIpc) is 3.03. The van der Waals surface area contributed by atoms with Crippen LogP contribution in [0.1, 0.15) is 15.9 Å². The third-order valence-corrected chi connectivity index (χ3v) is 3.77. The summed E-state index contributed by atoms with van der Waals surface area (Å²) < 4.78 is 10.1. The van der Waals surface area contributed by atoms with Gasteiger partial charge in [-0.25, -0.2) is 0 Å². The molecule has 0 bridgehead atoms. The summed E-state index contributed by atoms with van der Waals surface area (Å²) in [5.41, 5.74) is -2.09. The van der Waals surface area contributed by atoms with Gasteiger partial charge in [-0.1, -0.05) is 0 Å². The van der Waals surface area contributed by atoms with Gasteiger partial charge in [0.25, 0.3) is 5.75 Å². The number of hydrogen-bond donors (Lipinski definition) is 1. The number of nitrogens with zero attached hydrogens (tertiary/aromatic N) is 2. The minimum Gasteiger partial charge on any atom is -0.497 e. The number of aromatic hydroxyl groups is 1. The molecular formula is C16H10N2O8. The molecule has 0 amide bonds. The molecule has 1 N–H and O–H groups in total. The third kappa shape index (κ3) is 2.59. The van der Waals surface area contributed by atoms with Crippen LogP contribution in [-0.2, 0) is 0 Å². The van der Waals surface area contributed by atoms with Crippen molar-refractivity contribution in [3.8, 4) is 11.5 Å². The number of benzene rings is 2. The molecule has 0 aliphatic heterocycles. The number of nitro groups is 2. The second-order valence-corrected chi connectivity index (χ2v) is 5.19. The molecule has 0 radical (unpaired) electrons. The van der Waals surface area contributed by atoms with E-state index in [1.807, 2.05) is 0 Å². The zero-order valence-corrected chi connectivity index (χ0v) is 13.2. The summed E-state index contributed by atoms with van der Waals surface area (Å²) in [6.07, 6.45) is 0.966. The number of rotatable bonds is 5. The van der Waals surface area contributed by atoms with E-state index in [-0.39, 0.29) is 22.1 Å². The minimum atomic E-state index is -1.14. The molecule has 0 fully saturated rings. The maximum absolute atomic E-state index is 12.7. The highest BCUT2D eigenvalue weighted by molar-refractivity contribution is 6.18. The molecule has 3 aromatic rings. The largest absolute Gasteiger partial charge is 0.497 e. The minimum absolute atomic E-state index is 0.193. The quantitative estimate of drug-likeness (QED) is 0.415. The van der Waals surface area contributed by atoms with Crippen molar-refractivity contribution in [3.63, 3.8) is 0 Å². The van der Waals surface area contributed by atoms with E-state index in [1.165, 1.54) is 31.4 Å². The molecule has 0 aliphatic carbocycles. The van der Waals surface area contributed by atoms with Gasteiger partial charge in [0.05, 0.1) is 28.6 Å². The van der Waals surface area contributed by atoms with Crippen molar-refractivity contribution in [1.29, 1.82) is 0 Å². The molecule has 26 heavy (non-hydrogen) atoms. The second kappa shape index (κ2) is 6.16. The fourth-order valence-electron chi connectivity index (χ4n) is 2.54. The Morgan fingerprint density at radius 3 is 2.35 bits per heavy atom. The van der Waals surface area contributed by atoms with E-state index in [9.17, 15) is 30.1 Å². The number of carbonyl (C=O) groups is 1. The summed E-state index contributed by atoms with van der Waals surface area (Å²) in [7, 11) is 1.46. The normalized spacial score (nSPS) is 10.7. The average molecular weight is 358 g/mol. The summed E-state index contributed by atoms with van der Waals surface area (Å²) in [6, 6.07) is 6.81. The fraction of sp³-hybridized carbons (Fsp3) is 0.0625. The Labute approximate surface area is 144 Å². The predicted octanol–water partition coefficient (Wildman–Crippen LogP) is 3.19. The van der Waals surface area contributed by atoms with E-state index in [2.05, 4.69) is 0 Å². The molecule has 10 nitrogen and oxygen atoms in total. The first-order valence-electron chi connectivity index (χ1n) is 7.09. The summed E-state index contributed by atoms with van der Waals surface area (Å²) in [6.45, 7) is 0. The number of phenolic OH excluding ortho intramolecular Hbond substituents is 1. The molecular weight excluding hydrogens is 348 g/mol. The first-order valence-corrected chi connectivity index (χ1v) is 7.09. The van der Waals surface area contributed by atoms with Gasteiger partial charge in [-0.3, -0.25) is 25.0 Å². The lowest BCUT2D eigenvalue weighted by Gasteiger charge is -2.03. The van der Waals surface area contributed by atoms with Gasteiger partial charge in [0.15, 0.2) is 5.78 Å². The molecule has 0 aliphatic rings. The molecule has 2 aromatic carbocycles. The van der Waals surface area contributed by atoms with Gasteiger partial charge >= 0.3 is 11.4 Å². The van der Waals surface area contributed by atoms with Crippen LogP contribution in [0, 0.1) is 20.2 Å². The zero-order valence-electron chi connectivity index (χ0n) is 13.2. The monoisotopic (exact) mass is 358 g/mol. The molecule has 132 valence electrons. The Bertz CT molecular complexity index is 1050. The van der Waals surface area contributed by atoms with Crippen LogP contribution in [0.3, 0.4) is 0 Å². The van der Waals surface area contributed by atoms with Crippen molar-refractivity contribution in [1.82, 2.24) is 0 Å². The smallest absolute Gasteiger partial charge is 0.329 e. The molecule has 0 unspecified atom stereocenters. The van der Waals surface area contributed by atoms with Crippen molar-refractivity contribution in [2.45, 2.75) is 0 Å². The summed E-state index contributed by atoms with van der Waals surface area (Å²) in [5, 5.41) is 32.0. The lowest BCUT2D eigenvalue weighted by molar-refractivity contribution is -0.394. The highest BCUT2D eigenvalue weighted by atomic mass is 16.6. The van der Waals surface area contributed by atoms with E-state index >= 15 is 0 Å². The Morgan fingerprint density at radius 2 is 1.81 bits per heavy atom. The summed E-state index contributed by atoms with van der Waals surface area (Å²) >= 11 is 0. The first kappa shape index (κ1) is 16.9. The first-order chi connectivity index (χ1) is 12.3. The van der Waals surface area contributed by atoms with Crippen LogP contribution in [0.15, 0.2) is 41.0 Å². The molecule has 1 heterocycles. The number of fused-ring (bicyclic) bond motifs is 1. The topological polar surface area (TPSA) is 146 Å². The van der Waals surface area contributed by atoms with Gasteiger partial charge in [0.2, 0.25) is 0 Å². The van der Waals surface area contributed by atoms with Crippen LogP contribution in [-0.4, -0.2) is 27.8 Å². The van der Waals surface area contributed by atoms with E-state index in [1.54, 1.807) is 0 Å². The SMILES string of the molecule is COc1ccc(C(=O)c2coc3cc([N+](=O)[O-])c(O)c([N+](=O)[O-])c23)cc1. The van der Waals surface area contributed by atoms with Crippen LogP contribution in [0.4, 0.5) is 11.4 Å². The maximum atomic E-state index is 12.7. The van der Waals surface area contributed by atoms with Gasteiger partial charge < -0.3 is 14.3 Å². The molecule has 1 aromatic heterocycles. The Kier molecular flexibility index (Phi) is 4.01. The number of nitro benzene ring substituents is 2. The highest BCUT2D eigenvalue weighted by Crippen LogP contribution is 2.44. The molecule has 3 rings (SSSR count). The lowest BCUT2D eigenvalue weighted by Crippen LogP contribution is -2.02. The van der Waals surface area contributed by atoms with Crippen molar-refractivity contribution < 1.29 is 28.9 Å². The number of ketones is 1. The van der Waals surface area contributed by atoms with Crippen molar-refractivity contribution in [2.75, 3.05) is 7.11 Å². The second-order valence-electron chi connectivity index (χ2n) is 5.19. The molecule has 0 atom stereocenters. The van der Waals surface area contributed by atoms with E-state index < -0.39 is 32.8 Å². The van der Waals surface area contributed by atoms with Crippen LogP contribution in [0.5, 0.6) is 11.5 Å². The standard InChI is InChI=1S/C16H10N2O8/c1-25-9-4-2-8(3-5-9)15(19)10-7-26-12-6-11(17(21)22)16(20)14(13(10)12)18(23)24/h2-7,20H,1H3. The molecule has 0 saturated carbocycles. The van der Waals surface area contributed by atoms with Gasteiger partial charge in [0.1, 0.15) is 23.0 Å². The van der Waals surface area contributed by atoms with E-state index in [0.29, 0.717) is 5.75 Å². The van der Waals surface area contributed by atoms with Crippen LogP contribution in [0.2, 0.25) is 0 Å². The van der Waals surface area contributed by atoms with Gasteiger partial charge in [-0.2, -0.15) is 0 Å². The fourth-order valence-corrected chi connectivity index (χ4v) is 2.54. The van der Waals surface area contributed by atoms with Crippen LogP contribution >= 0.6 is 0 Å². The molecule has 10 heteroatoms. The van der Waals surface area contributed by atoms with Crippen molar-refractivity contribution in [3.05, 3.63) is 68.0 Å². The Morgan fingerprint density at radius 1 is 1.15 bits per heavy atom. The number of phenols is 1. The van der Waals surface area contributed by atoms with Gasteiger partial charge in [0, 0.05) is 5.56 Å². The van der Waals surface area contributed by atoms with Crippen molar-refractivity contribution >= 4 is 28.1 Å². The molecule has 0 saturated heterocycles. The summed E-state index contributed by atoms with van der Waals surface area (Å²) in [4.78, 5) is 33.0. The zero-order chi connectivity index (χ0) is 19.0. The van der Waals surface area contributed by atoms with Gasteiger partial charge in [-0.15, -0.1) is 0 Å². The summed E-state index contributed by atoms with van der Waals surface area (Å²) in [5.74, 6) is -1.24. The van der Waals surface area contributed by atoms with Gasteiger partial charge in [-0.05, 0) is 24.3 Å².